The Morgan fingerprint density at radius 1 is 1.15 bits per heavy atom. The summed E-state index contributed by atoms with van der Waals surface area (Å²) in [6.45, 7) is 1.36. The first-order valence-corrected chi connectivity index (χ1v) is 11.9. The average Bonchev–Trinajstić information content (AvgIpc) is 3.42. The molecule has 0 radical (unpaired) electrons. The number of methoxy groups -OCH3 is 1. The predicted octanol–water partition coefficient (Wildman–Crippen LogP) is 4.01. The Labute approximate surface area is 198 Å². The van der Waals surface area contributed by atoms with Crippen LogP contribution in [0.1, 0.15) is 19.3 Å². The smallest absolute Gasteiger partial charge is 0.274 e. The summed E-state index contributed by atoms with van der Waals surface area (Å²) in [7, 11) is 1.58. The van der Waals surface area contributed by atoms with Crippen LogP contribution in [0.5, 0.6) is 10.9 Å². The van der Waals surface area contributed by atoms with Crippen molar-refractivity contribution < 1.29 is 27.8 Å². The molecular formula is C24H23F2N3O4S. The Bertz CT molecular complexity index is 1220. The molecule has 7 nitrogen and oxygen atoms in total. The highest BCUT2D eigenvalue weighted by Gasteiger charge is 2.38. The second-order valence-corrected chi connectivity index (χ2v) is 9.45. The maximum Gasteiger partial charge on any atom is 0.274 e. The van der Waals surface area contributed by atoms with Crippen LogP contribution in [0.2, 0.25) is 0 Å². The number of thiazole rings is 1. The molecule has 0 saturated carbocycles. The molecule has 3 heterocycles. The minimum Gasteiger partial charge on any atom is -0.497 e. The van der Waals surface area contributed by atoms with Crippen LogP contribution in [0.25, 0.3) is 10.2 Å². The third-order valence-electron chi connectivity index (χ3n) is 6.27. The van der Waals surface area contributed by atoms with Crippen LogP contribution in [0.3, 0.4) is 0 Å². The van der Waals surface area contributed by atoms with Gasteiger partial charge in [0.25, 0.3) is 5.19 Å². The zero-order valence-corrected chi connectivity index (χ0v) is 19.3. The van der Waals surface area contributed by atoms with Gasteiger partial charge in [-0.2, -0.15) is 4.98 Å². The fourth-order valence-electron chi connectivity index (χ4n) is 4.47. The van der Waals surface area contributed by atoms with Crippen molar-refractivity contribution in [1.82, 2.24) is 9.88 Å². The van der Waals surface area contributed by atoms with Gasteiger partial charge in [-0.1, -0.05) is 11.3 Å². The zero-order chi connectivity index (χ0) is 23.8. The molecule has 0 aliphatic carbocycles. The van der Waals surface area contributed by atoms with E-state index < -0.39 is 11.6 Å². The number of piperidine rings is 1. The number of hydrogen-bond donors (Lipinski definition) is 0. The first-order chi connectivity index (χ1) is 16.4. The molecule has 0 N–H and O–H groups in total. The van der Waals surface area contributed by atoms with Crippen LogP contribution in [-0.4, -0.2) is 54.5 Å². The number of rotatable bonds is 5. The lowest BCUT2D eigenvalue weighted by Gasteiger charge is -2.33. The summed E-state index contributed by atoms with van der Waals surface area (Å²) >= 11 is 1.10. The van der Waals surface area contributed by atoms with Crippen LogP contribution < -0.4 is 14.4 Å². The summed E-state index contributed by atoms with van der Waals surface area (Å²) in [4.78, 5) is 33.2. The molecule has 34 heavy (non-hydrogen) atoms. The van der Waals surface area contributed by atoms with Gasteiger partial charge in [0.15, 0.2) is 5.82 Å². The number of benzene rings is 2. The maximum atomic E-state index is 13.9. The second-order valence-electron chi connectivity index (χ2n) is 8.46. The van der Waals surface area contributed by atoms with E-state index in [4.69, 9.17) is 9.47 Å². The summed E-state index contributed by atoms with van der Waals surface area (Å²) < 4.78 is 38.8. The predicted molar refractivity (Wildman–Crippen MR) is 123 cm³/mol. The Balaban J connectivity index is 1.17. The van der Waals surface area contributed by atoms with Crippen LogP contribution in [0.15, 0.2) is 36.4 Å². The largest absolute Gasteiger partial charge is 0.497 e. The summed E-state index contributed by atoms with van der Waals surface area (Å²) in [5, 5.41) is 0.292. The molecular weight excluding hydrogens is 464 g/mol. The lowest BCUT2D eigenvalue weighted by atomic mass is 10.0. The molecule has 3 aromatic rings. The number of nitrogens with zero attached hydrogens (tertiary/aromatic N) is 3. The lowest BCUT2D eigenvalue weighted by molar-refractivity contribution is -0.137. The summed E-state index contributed by atoms with van der Waals surface area (Å²) in [5.41, 5.74) is 0.849. The summed E-state index contributed by atoms with van der Waals surface area (Å²) in [6, 6.07) is 9.25. The number of likely N-dealkylation sites (tertiary alicyclic amines) is 1. The van der Waals surface area contributed by atoms with Crippen molar-refractivity contribution in [2.24, 2.45) is 5.92 Å². The fourth-order valence-corrected chi connectivity index (χ4v) is 5.39. The molecule has 178 valence electrons. The van der Waals surface area contributed by atoms with E-state index in [0.717, 1.165) is 23.1 Å². The highest BCUT2D eigenvalue weighted by Crippen LogP contribution is 2.33. The van der Waals surface area contributed by atoms with Gasteiger partial charge >= 0.3 is 0 Å². The lowest BCUT2D eigenvalue weighted by Crippen LogP contribution is -2.44. The molecule has 1 atom stereocenters. The Hall–Kier alpha value is -3.27. The molecule has 1 aromatic heterocycles. The van der Waals surface area contributed by atoms with Gasteiger partial charge in [0.05, 0.1) is 17.7 Å². The molecule has 2 fully saturated rings. The minimum absolute atomic E-state index is 0.0275. The third-order valence-corrected chi connectivity index (χ3v) is 7.17. The van der Waals surface area contributed by atoms with Gasteiger partial charge in [-0.05, 0) is 30.3 Å². The SMILES string of the molecule is COc1ccc(N2CC(C(=O)N3CCC(Oc4nc5c(F)cc(F)cc5s4)CC3)CC2=O)cc1. The van der Waals surface area contributed by atoms with E-state index in [9.17, 15) is 18.4 Å². The quantitative estimate of drug-likeness (QED) is 0.544. The van der Waals surface area contributed by atoms with Crippen molar-refractivity contribution in [3.8, 4) is 10.9 Å². The third kappa shape index (κ3) is 4.42. The van der Waals surface area contributed by atoms with Crippen LogP contribution in [0.4, 0.5) is 14.5 Å². The van der Waals surface area contributed by atoms with E-state index >= 15 is 0 Å². The highest BCUT2D eigenvalue weighted by atomic mass is 32.1. The number of fused-ring (bicyclic) bond motifs is 1. The van der Waals surface area contributed by atoms with E-state index in [0.29, 0.717) is 48.1 Å². The van der Waals surface area contributed by atoms with Crippen LogP contribution in [-0.2, 0) is 9.59 Å². The van der Waals surface area contributed by atoms with Gasteiger partial charge in [-0.3, -0.25) is 9.59 Å². The van der Waals surface area contributed by atoms with E-state index in [1.165, 1.54) is 6.07 Å². The van der Waals surface area contributed by atoms with Crippen LogP contribution >= 0.6 is 11.3 Å². The Kier molecular flexibility index (Phi) is 6.07. The fraction of sp³-hybridized carbons (Fsp3) is 0.375. The zero-order valence-electron chi connectivity index (χ0n) is 18.5. The van der Waals surface area contributed by atoms with Crippen molar-refractivity contribution in [2.75, 3.05) is 31.6 Å². The molecule has 1 unspecified atom stereocenters. The second kappa shape index (κ2) is 9.17. The number of carbonyl (C=O) groups excluding carboxylic acids is 2. The van der Waals surface area contributed by atoms with Gasteiger partial charge in [-0.15, -0.1) is 0 Å². The van der Waals surface area contributed by atoms with Crippen molar-refractivity contribution in [1.29, 1.82) is 0 Å². The first-order valence-electron chi connectivity index (χ1n) is 11.1. The number of amides is 2. The topological polar surface area (TPSA) is 72.0 Å². The van der Waals surface area contributed by atoms with E-state index in [-0.39, 0.29) is 35.8 Å². The van der Waals surface area contributed by atoms with Crippen molar-refractivity contribution >= 4 is 39.1 Å². The molecule has 2 saturated heterocycles. The summed E-state index contributed by atoms with van der Waals surface area (Å²) in [6.07, 6.45) is 1.22. The molecule has 2 amide bonds. The molecule has 2 aliphatic heterocycles. The van der Waals surface area contributed by atoms with Gasteiger partial charge < -0.3 is 19.3 Å². The van der Waals surface area contributed by atoms with Gasteiger partial charge in [0, 0.05) is 50.7 Å². The van der Waals surface area contributed by atoms with E-state index in [1.54, 1.807) is 29.0 Å². The van der Waals surface area contributed by atoms with Crippen LogP contribution in [0, 0.1) is 17.6 Å². The molecule has 2 aliphatic rings. The number of anilines is 1. The Morgan fingerprint density at radius 3 is 2.59 bits per heavy atom. The number of carbonyl (C=O) groups is 2. The van der Waals surface area contributed by atoms with E-state index in [2.05, 4.69) is 4.98 Å². The Morgan fingerprint density at radius 2 is 1.88 bits per heavy atom. The molecule has 10 heteroatoms. The number of halogens is 2. The van der Waals surface area contributed by atoms with Gasteiger partial charge in [-0.25, -0.2) is 8.78 Å². The highest BCUT2D eigenvalue weighted by molar-refractivity contribution is 7.20. The van der Waals surface area contributed by atoms with Gasteiger partial charge in [0.2, 0.25) is 11.8 Å². The van der Waals surface area contributed by atoms with Crippen molar-refractivity contribution in [2.45, 2.75) is 25.4 Å². The average molecular weight is 488 g/mol. The molecule has 0 spiro atoms. The number of hydrogen-bond acceptors (Lipinski definition) is 6. The molecule has 5 rings (SSSR count). The molecule has 2 aromatic carbocycles. The normalized spacial score (nSPS) is 19.1. The summed E-state index contributed by atoms with van der Waals surface area (Å²) in [5.74, 6) is -1.13. The minimum atomic E-state index is -0.712. The maximum absolute atomic E-state index is 13.9. The molecule has 0 bridgehead atoms. The van der Waals surface area contributed by atoms with Gasteiger partial charge in [0.1, 0.15) is 23.2 Å². The van der Waals surface area contributed by atoms with Crippen molar-refractivity contribution in [3.63, 3.8) is 0 Å². The number of aromatic nitrogens is 1. The van der Waals surface area contributed by atoms with Crippen molar-refractivity contribution in [3.05, 3.63) is 48.0 Å². The number of ether oxygens (including phenoxy) is 2. The first kappa shape index (κ1) is 22.5. The monoisotopic (exact) mass is 487 g/mol. The van der Waals surface area contributed by atoms with E-state index in [1.807, 2.05) is 12.1 Å². The standard InChI is InChI=1S/C24H23F2N3O4S/c1-32-17-4-2-16(3-5-17)29-13-14(10-21(29)30)23(31)28-8-6-18(7-9-28)33-24-27-22-19(26)11-15(25)12-20(22)34-24/h2-5,11-12,14,18H,6-10,13H2,1H3.